The summed E-state index contributed by atoms with van der Waals surface area (Å²) < 4.78 is 5.07. The van der Waals surface area contributed by atoms with Gasteiger partial charge in [-0.05, 0) is 20.3 Å². The molecule has 2 aromatic rings. The summed E-state index contributed by atoms with van der Waals surface area (Å²) in [5.41, 5.74) is 1.90. The molecule has 6 nitrogen and oxygen atoms in total. The molecule has 2 rings (SSSR count). The molecule has 2 N–H and O–H groups in total. The van der Waals surface area contributed by atoms with E-state index in [2.05, 4.69) is 39.6 Å². The molecule has 0 saturated heterocycles. The predicted molar refractivity (Wildman–Crippen MR) is 83.5 cm³/mol. The Balaban J connectivity index is 2.16. The highest BCUT2D eigenvalue weighted by atomic mass is 16.5. The van der Waals surface area contributed by atoms with Crippen LogP contribution in [0.15, 0.2) is 10.6 Å². The van der Waals surface area contributed by atoms with Gasteiger partial charge in [-0.1, -0.05) is 19.0 Å². The molecule has 0 fully saturated rings. The molecule has 21 heavy (non-hydrogen) atoms. The van der Waals surface area contributed by atoms with Crippen LogP contribution in [0.5, 0.6) is 0 Å². The molecule has 114 valence electrons. The minimum absolute atomic E-state index is 0.589. The summed E-state index contributed by atoms with van der Waals surface area (Å²) in [5, 5.41) is 10.7. The van der Waals surface area contributed by atoms with E-state index in [-0.39, 0.29) is 0 Å². The first-order chi connectivity index (χ1) is 10.1. The molecule has 0 atom stereocenters. The zero-order chi connectivity index (χ0) is 15.2. The lowest BCUT2D eigenvalue weighted by Crippen LogP contribution is -2.11. The number of anilines is 2. The minimum Gasteiger partial charge on any atom is -0.370 e. The fourth-order valence-electron chi connectivity index (χ4n) is 1.98. The first-order valence-electron chi connectivity index (χ1n) is 7.41. The molecule has 0 aliphatic heterocycles. The third-order valence-corrected chi connectivity index (χ3v) is 3.16. The largest absolute Gasteiger partial charge is 0.370 e. The van der Waals surface area contributed by atoms with Crippen LogP contribution in [0.2, 0.25) is 0 Å². The number of aryl methyl sites for hydroxylation is 2. The van der Waals surface area contributed by atoms with Gasteiger partial charge in [0.2, 0.25) is 0 Å². The molecule has 0 unspecified atom stereocenters. The third kappa shape index (κ3) is 3.93. The minimum atomic E-state index is 0.589. The van der Waals surface area contributed by atoms with Crippen molar-refractivity contribution in [1.82, 2.24) is 15.1 Å². The normalized spacial score (nSPS) is 10.7. The van der Waals surface area contributed by atoms with Crippen LogP contribution in [0.1, 0.15) is 43.1 Å². The zero-order valence-electron chi connectivity index (χ0n) is 13.2. The molecular formula is C15H23N5O. The van der Waals surface area contributed by atoms with Gasteiger partial charge in [0.15, 0.2) is 0 Å². The van der Waals surface area contributed by atoms with E-state index in [9.17, 15) is 0 Å². The third-order valence-electron chi connectivity index (χ3n) is 3.16. The molecule has 2 heterocycles. The zero-order valence-corrected chi connectivity index (χ0v) is 13.2. The van der Waals surface area contributed by atoms with Gasteiger partial charge >= 0.3 is 0 Å². The molecule has 6 heteroatoms. The molecule has 0 amide bonds. The van der Waals surface area contributed by atoms with E-state index in [0.717, 1.165) is 53.9 Å². The second-order valence-corrected chi connectivity index (χ2v) is 5.02. The predicted octanol–water partition coefficient (Wildman–Crippen LogP) is 3.08. The summed E-state index contributed by atoms with van der Waals surface area (Å²) in [6.45, 7) is 9.59. The van der Waals surface area contributed by atoms with Gasteiger partial charge in [0.25, 0.3) is 0 Å². The molecule has 2 aromatic heterocycles. The fraction of sp³-hybridized carbons (Fsp3) is 0.533. The number of hydrogen-bond acceptors (Lipinski definition) is 6. The molecule has 0 aliphatic carbocycles. The Bertz CT molecular complexity index is 594. The van der Waals surface area contributed by atoms with Crippen LogP contribution in [0.4, 0.5) is 11.6 Å². The van der Waals surface area contributed by atoms with Gasteiger partial charge in [0, 0.05) is 24.6 Å². The molecular weight excluding hydrogens is 266 g/mol. The molecule has 0 bridgehead atoms. The topological polar surface area (TPSA) is 75.9 Å². The van der Waals surface area contributed by atoms with E-state index in [1.807, 2.05) is 19.9 Å². The highest BCUT2D eigenvalue weighted by molar-refractivity contribution is 5.57. The lowest BCUT2D eigenvalue weighted by atomic mass is 10.2. The van der Waals surface area contributed by atoms with Crippen molar-refractivity contribution in [2.24, 2.45) is 0 Å². The van der Waals surface area contributed by atoms with E-state index in [4.69, 9.17) is 4.52 Å². The van der Waals surface area contributed by atoms with Crippen LogP contribution in [-0.2, 0) is 13.0 Å². The van der Waals surface area contributed by atoms with E-state index in [0.29, 0.717) is 6.54 Å². The van der Waals surface area contributed by atoms with Crippen LogP contribution in [0, 0.1) is 13.8 Å². The van der Waals surface area contributed by atoms with Crippen molar-refractivity contribution in [1.29, 1.82) is 0 Å². The number of nitrogens with one attached hydrogen (secondary N) is 2. The van der Waals surface area contributed by atoms with Gasteiger partial charge in [-0.2, -0.15) is 0 Å². The standard InChI is InChI=1S/C15H23N5O/c1-5-7-16-14-11(4)15(19-13(6-2)18-14)17-9-12-8-10(3)21-20-12/h8H,5-7,9H2,1-4H3,(H2,16,17,18,19). The lowest BCUT2D eigenvalue weighted by Gasteiger charge is -2.14. The monoisotopic (exact) mass is 289 g/mol. The van der Waals surface area contributed by atoms with Crippen molar-refractivity contribution in [3.63, 3.8) is 0 Å². The number of rotatable bonds is 7. The van der Waals surface area contributed by atoms with Crippen LogP contribution in [0.3, 0.4) is 0 Å². The average molecular weight is 289 g/mol. The van der Waals surface area contributed by atoms with Gasteiger partial charge in [-0.3, -0.25) is 0 Å². The van der Waals surface area contributed by atoms with Crippen molar-refractivity contribution in [2.45, 2.75) is 47.1 Å². The Morgan fingerprint density at radius 3 is 2.38 bits per heavy atom. The number of hydrogen-bond donors (Lipinski definition) is 2. The van der Waals surface area contributed by atoms with Crippen molar-refractivity contribution < 1.29 is 4.52 Å². The van der Waals surface area contributed by atoms with Gasteiger partial charge < -0.3 is 15.2 Å². The molecule has 0 spiro atoms. The van der Waals surface area contributed by atoms with Gasteiger partial charge in [0.05, 0.1) is 6.54 Å². The first-order valence-corrected chi connectivity index (χ1v) is 7.41. The molecule has 0 saturated carbocycles. The smallest absolute Gasteiger partial charge is 0.135 e. The van der Waals surface area contributed by atoms with Crippen LogP contribution >= 0.6 is 0 Å². The Hall–Kier alpha value is -2.11. The molecule has 0 aromatic carbocycles. The Kier molecular flexibility index (Phi) is 5.14. The maximum atomic E-state index is 5.07. The van der Waals surface area contributed by atoms with E-state index in [1.165, 1.54) is 0 Å². The second kappa shape index (κ2) is 7.06. The summed E-state index contributed by atoms with van der Waals surface area (Å²) in [4.78, 5) is 9.11. The van der Waals surface area contributed by atoms with Crippen molar-refractivity contribution in [2.75, 3.05) is 17.2 Å². The summed E-state index contributed by atoms with van der Waals surface area (Å²) >= 11 is 0. The highest BCUT2D eigenvalue weighted by Crippen LogP contribution is 2.21. The van der Waals surface area contributed by atoms with Crippen molar-refractivity contribution in [3.05, 3.63) is 28.9 Å². The number of aromatic nitrogens is 3. The van der Waals surface area contributed by atoms with E-state index in [1.54, 1.807) is 0 Å². The lowest BCUT2D eigenvalue weighted by molar-refractivity contribution is 0.391. The highest BCUT2D eigenvalue weighted by Gasteiger charge is 2.10. The molecule has 0 radical (unpaired) electrons. The van der Waals surface area contributed by atoms with Crippen molar-refractivity contribution >= 4 is 11.6 Å². The van der Waals surface area contributed by atoms with Gasteiger partial charge in [-0.25, -0.2) is 9.97 Å². The summed E-state index contributed by atoms with van der Waals surface area (Å²) in [6, 6.07) is 1.92. The SMILES string of the molecule is CCCNc1nc(CC)nc(NCc2cc(C)on2)c1C. The van der Waals surface area contributed by atoms with E-state index >= 15 is 0 Å². The van der Waals surface area contributed by atoms with Crippen LogP contribution in [-0.4, -0.2) is 21.7 Å². The average Bonchev–Trinajstić information content (AvgIpc) is 2.90. The van der Waals surface area contributed by atoms with Crippen molar-refractivity contribution in [3.8, 4) is 0 Å². The van der Waals surface area contributed by atoms with Crippen LogP contribution < -0.4 is 10.6 Å². The van der Waals surface area contributed by atoms with Gasteiger partial charge in [0.1, 0.15) is 28.9 Å². The maximum absolute atomic E-state index is 5.07. The summed E-state index contributed by atoms with van der Waals surface area (Å²) in [6.07, 6.45) is 1.87. The maximum Gasteiger partial charge on any atom is 0.135 e. The number of nitrogens with zero attached hydrogens (tertiary/aromatic N) is 3. The fourth-order valence-corrected chi connectivity index (χ4v) is 1.98. The quantitative estimate of drug-likeness (QED) is 0.815. The first kappa shape index (κ1) is 15.3. The summed E-state index contributed by atoms with van der Waals surface area (Å²) in [5.74, 6) is 3.40. The Morgan fingerprint density at radius 2 is 1.81 bits per heavy atom. The Morgan fingerprint density at radius 1 is 1.10 bits per heavy atom. The van der Waals surface area contributed by atoms with Gasteiger partial charge in [-0.15, -0.1) is 0 Å². The molecule has 0 aliphatic rings. The summed E-state index contributed by atoms with van der Waals surface area (Å²) in [7, 11) is 0. The Labute approximate surface area is 125 Å². The second-order valence-electron chi connectivity index (χ2n) is 5.02. The van der Waals surface area contributed by atoms with E-state index < -0.39 is 0 Å². The van der Waals surface area contributed by atoms with Crippen LogP contribution in [0.25, 0.3) is 0 Å².